The summed E-state index contributed by atoms with van der Waals surface area (Å²) in [5.41, 5.74) is 3.21. The lowest BCUT2D eigenvalue weighted by atomic mass is 10.2. The van der Waals surface area contributed by atoms with Gasteiger partial charge in [-0.3, -0.25) is 14.7 Å². The van der Waals surface area contributed by atoms with Crippen molar-refractivity contribution in [3.63, 3.8) is 0 Å². The molecule has 1 aromatic rings. The molecule has 78 valence electrons. The molecule has 0 radical (unpaired) electrons. The molecule has 1 aromatic heterocycles. The van der Waals surface area contributed by atoms with Crippen LogP contribution in [0.2, 0.25) is 0 Å². The molecule has 0 spiro atoms. The van der Waals surface area contributed by atoms with Gasteiger partial charge < -0.3 is 5.32 Å². The van der Waals surface area contributed by atoms with Crippen LogP contribution in [0.4, 0.5) is 5.82 Å². The molecule has 3 N–H and O–H groups in total. The molecule has 0 unspecified atom stereocenters. The number of hydrazone groups is 1. The number of aryl methyl sites for hydroxylation is 1. The van der Waals surface area contributed by atoms with Gasteiger partial charge in [-0.1, -0.05) is 0 Å². The average Bonchev–Trinajstić information content (AvgIpc) is 2.75. The number of carbonyl (C=O) groups excluding carboxylic acids is 2. The third-order valence-corrected chi connectivity index (χ3v) is 1.85. The van der Waals surface area contributed by atoms with Gasteiger partial charge in [0, 0.05) is 11.8 Å². The predicted molar refractivity (Wildman–Crippen MR) is 52.1 cm³/mol. The summed E-state index contributed by atoms with van der Waals surface area (Å²) >= 11 is 0. The standard InChI is InChI=1S/C8H9N5O2/c1-4-2-6(12-10-4)9-8(15)5-3-7(14)13-11-5/h2H,3H2,1H3,(H,13,14)(H2,9,10,12,15). The van der Waals surface area contributed by atoms with Gasteiger partial charge in [0.1, 0.15) is 5.71 Å². The Hall–Kier alpha value is -2.18. The van der Waals surface area contributed by atoms with E-state index in [1.807, 2.05) is 6.92 Å². The summed E-state index contributed by atoms with van der Waals surface area (Å²) in [5, 5.41) is 12.6. The summed E-state index contributed by atoms with van der Waals surface area (Å²) in [4.78, 5) is 22.3. The first kappa shape index (κ1) is 9.38. The quantitative estimate of drug-likeness (QED) is 0.611. The van der Waals surface area contributed by atoms with Gasteiger partial charge in [0.2, 0.25) is 5.91 Å². The van der Waals surface area contributed by atoms with Gasteiger partial charge in [0.05, 0.1) is 6.42 Å². The van der Waals surface area contributed by atoms with Gasteiger partial charge in [0.25, 0.3) is 5.91 Å². The smallest absolute Gasteiger partial charge is 0.273 e. The molecule has 1 aliphatic heterocycles. The molecule has 15 heavy (non-hydrogen) atoms. The highest BCUT2D eigenvalue weighted by atomic mass is 16.2. The van der Waals surface area contributed by atoms with Crippen molar-refractivity contribution in [2.45, 2.75) is 13.3 Å². The molecule has 7 nitrogen and oxygen atoms in total. The van der Waals surface area contributed by atoms with Gasteiger partial charge in [-0.15, -0.1) is 0 Å². The number of anilines is 1. The second-order valence-electron chi connectivity index (χ2n) is 3.16. The Labute approximate surface area is 84.9 Å². The molecule has 0 aliphatic carbocycles. The normalized spacial score (nSPS) is 14.7. The van der Waals surface area contributed by atoms with Crippen LogP contribution in [0.1, 0.15) is 12.1 Å². The summed E-state index contributed by atoms with van der Waals surface area (Å²) < 4.78 is 0. The molecule has 1 aliphatic rings. The highest BCUT2D eigenvalue weighted by molar-refractivity contribution is 6.46. The van der Waals surface area contributed by atoms with Crippen molar-refractivity contribution in [2.75, 3.05) is 5.32 Å². The lowest BCUT2D eigenvalue weighted by Gasteiger charge is -1.97. The van der Waals surface area contributed by atoms with Crippen LogP contribution in [0.3, 0.4) is 0 Å². The van der Waals surface area contributed by atoms with Gasteiger partial charge >= 0.3 is 0 Å². The molecule has 2 amide bonds. The summed E-state index contributed by atoms with van der Waals surface area (Å²) in [6.45, 7) is 1.82. The minimum atomic E-state index is -0.417. The average molecular weight is 207 g/mol. The highest BCUT2D eigenvalue weighted by Gasteiger charge is 2.21. The fraction of sp³-hybridized carbons (Fsp3) is 0.250. The van der Waals surface area contributed by atoms with Crippen molar-refractivity contribution in [3.05, 3.63) is 11.8 Å². The zero-order valence-electron chi connectivity index (χ0n) is 8.00. The Morgan fingerprint density at radius 2 is 2.40 bits per heavy atom. The Kier molecular flexibility index (Phi) is 2.20. The molecule has 7 heteroatoms. The zero-order chi connectivity index (χ0) is 10.8. The van der Waals surface area contributed by atoms with Crippen LogP contribution >= 0.6 is 0 Å². The van der Waals surface area contributed by atoms with E-state index >= 15 is 0 Å². The van der Waals surface area contributed by atoms with Crippen molar-refractivity contribution >= 4 is 23.3 Å². The van der Waals surface area contributed by atoms with Crippen LogP contribution in [0.25, 0.3) is 0 Å². The number of amides is 2. The minimum absolute atomic E-state index is 0.00917. The van der Waals surface area contributed by atoms with Crippen LogP contribution in [-0.4, -0.2) is 27.7 Å². The van der Waals surface area contributed by atoms with E-state index in [0.29, 0.717) is 5.82 Å². The number of carbonyl (C=O) groups is 2. The Balaban J connectivity index is 2.01. The summed E-state index contributed by atoms with van der Waals surface area (Å²) in [6.07, 6.45) is 0.00917. The maximum absolute atomic E-state index is 11.5. The number of aromatic nitrogens is 2. The molecule has 2 heterocycles. The number of aromatic amines is 1. The summed E-state index contributed by atoms with van der Waals surface area (Å²) in [6, 6.07) is 1.68. The first-order chi connectivity index (χ1) is 7.15. The largest absolute Gasteiger partial charge is 0.304 e. The maximum Gasteiger partial charge on any atom is 0.273 e. The van der Waals surface area contributed by atoms with Crippen molar-refractivity contribution in [2.24, 2.45) is 5.10 Å². The van der Waals surface area contributed by atoms with Crippen molar-refractivity contribution < 1.29 is 9.59 Å². The molecule has 0 saturated heterocycles. The molecule has 0 aromatic carbocycles. The molecule has 0 fully saturated rings. The zero-order valence-corrected chi connectivity index (χ0v) is 8.00. The van der Waals surface area contributed by atoms with E-state index in [-0.39, 0.29) is 18.0 Å². The second-order valence-corrected chi connectivity index (χ2v) is 3.16. The third-order valence-electron chi connectivity index (χ3n) is 1.85. The fourth-order valence-corrected chi connectivity index (χ4v) is 1.16. The molecule has 0 saturated carbocycles. The van der Waals surface area contributed by atoms with E-state index in [4.69, 9.17) is 0 Å². The van der Waals surface area contributed by atoms with Gasteiger partial charge in [-0.25, -0.2) is 5.43 Å². The van der Waals surface area contributed by atoms with Crippen LogP contribution in [0.5, 0.6) is 0 Å². The Morgan fingerprint density at radius 1 is 1.60 bits per heavy atom. The van der Waals surface area contributed by atoms with E-state index < -0.39 is 5.91 Å². The van der Waals surface area contributed by atoms with Gasteiger partial charge in [0.15, 0.2) is 5.82 Å². The summed E-state index contributed by atoms with van der Waals surface area (Å²) in [7, 11) is 0. The van der Waals surface area contributed by atoms with Crippen LogP contribution in [0.15, 0.2) is 11.2 Å². The molecular weight excluding hydrogens is 198 g/mol. The summed E-state index contributed by atoms with van der Waals surface area (Å²) in [5.74, 6) is -0.280. The third kappa shape index (κ3) is 2.01. The van der Waals surface area contributed by atoms with Crippen LogP contribution in [0, 0.1) is 6.92 Å². The van der Waals surface area contributed by atoms with E-state index in [9.17, 15) is 9.59 Å². The monoisotopic (exact) mass is 207 g/mol. The van der Waals surface area contributed by atoms with Gasteiger partial charge in [-0.2, -0.15) is 10.2 Å². The number of hydrogen-bond acceptors (Lipinski definition) is 4. The topological polar surface area (TPSA) is 99.2 Å². The van der Waals surface area contributed by atoms with Crippen LogP contribution < -0.4 is 10.7 Å². The van der Waals surface area contributed by atoms with Crippen LogP contribution in [-0.2, 0) is 9.59 Å². The first-order valence-corrected chi connectivity index (χ1v) is 4.34. The number of nitrogens with one attached hydrogen (secondary N) is 3. The molecule has 0 bridgehead atoms. The number of nitrogens with zero attached hydrogens (tertiary/aromatic N) is 2. The first-order valence-electron chi connectivity index (χ1n) is 4.34. The maximum atomic E-state index is 11.5. The Bertz CT molecular complexity index is 448. The van der Waals surface area contributed by atoms with E-state index in [1.54, 1.807) is 6.07 Å². The lowest BCUT2D eigenvalue weighted by molar-refractivity contribution is -0.119. The molecule has 2 rings (SSSR count). The van der Waals surface area contributed by atoms with E-state index in [1.165, 1.54) is 0 Å². The van der Waals surface area contributed by atoms with Crippen molar-refractivity contribution in [1.82, 2.24) is 15.6 Å². The SMILES string of the molecule is Cc1cc(NC(=O)C2=NNC(=O)C2)n[nH]1. The highest BCUT2D eigenvalue weighted by Crippen LogP contribution is 2.05. The molecule has 0 atom stereocenters. The number of hydrogen-bond donors (Lipinski definition) is 3. The predicted octanol–water partition coefficient (Wildman–Crippen LogP) is -0.467. The fourth-order valence-electron chi connectivity index (χ4n) is 1.16. The van der Waals surface area contributed by atoms with Crippen molar-refractivity contribution in [3.8, 4) is 0 Å². The van der Waals surface area contributed by atoms with E-state index in [0.717, 1.165) is 5.69 Å². The number of H-pyrrole nitrogens is 1. The minimum Gasteiger partial charge on any atom is -0.304 e. The lowest BCUT2D eigenvalue weighted by Crippen LogP contribution is -2.22. The second kappa shape index (κ2) is 3.52. The number of rotatable bonds is 2. The van der Waals surface area contributed by atoms with E-state index in [2.05, 4.69) is 26.0 Å². The van der Waals surface area contributed by atoms with Gasteiger partial charge in [-0.05, 0) is 6.92 Å². The molecular formula is C8H9N5O2. The Morgan fingerprint density at radius 3 is 2.93 bits per heavy atom. The van der Waals surface area contributed by atoms with Crippen molar-refractivity contribution in [1.29, 1.82) is 0 Å².